The largest absolute Gasteiger partial charge is 0.490 e. The SMILES string of the molecule is O=C(Cc1ccc(Oc2ccc(OC3CCC(N(Cc4ccccc4)Cc4ccccc4)CC3)cc2)cc1)Nc1ccccc1C(=O)O. The number of hydrogen-bond acceptors (Lipinski definition) is 5. The molecule has 0 unspecified atom stereocenters. The molecule has 0 radical (unpaired) electrons. The lowest BCUT2D eigenvalue weighted by Crippen LogP contribution is -2.39. The second-order valence-electron chi connectivity index (χ2n) is 12.2. The van der Waals surface area contributed by atoms with Crippen LogP contribution in [0, 0.1) is 0 Å². The van der Waals surface area contributed by atoms with Crippen molar-refractivity contribution < 1.29 is 24.2 Å². The molecular weight excluding hydrogens is 600 g/mol. The van der Waals surface area contributed by atoms with Crippen LogP contribution in [0.15, 0.2) is 133 Å². The molecule has 6 rings (SSSR count). The lowest BCUT2D eigenvalue weighted by Gasteiger charge is -2.37. The van der Waals surface area contributed by atoms with Crippen LogP contribution in [0.2, 0.25) is 0 Å². The van der Waals surface area contributed by atoms with Gasteiger partial charge in [-0.3, -0.25) is 9.69 Å². The van der Waals surface area contributed by atoms with Crippen molar-refractivity contribution in [2.24, 2.45) is 0 Å². The number of ether oxygens (including phenoxy) is 2. The number of carbonyl (C=O) groups is 2. The minimum absolute atomic E-state index is 0.0544. The molecule has 1 aliphatic rings. The van der Waals surface area contributed by atoms with Crippen LogP contribution in [0.4, 0.5) is 5.69 Å². The number of rotatable bonds is 13. The summed E-state index contributed by atoms with van der Waals surface area (Å²) in [6.45, 7) is 1.88. The van der Waals surface area contributed by atoms with E-state index < -0.39 is 5.97 Å². The molecule has 5 aromatic carbocycles. The predicted molar refractivity (Wildman–Crippen MR) is 187 cm³/mol. The van der Waals surface area contributed by atoms with Crippen molar-refractivity contribution in [3.8, 4) is 17.2 Å². The van der Waals surface area contributed by atoms with E-state index in [0.717, 1.165) is 50.1 Å². The van der Waals surface area contributed by atoms with Gasteiger partial charge < -0.3 is 19.9 Å². The van der Waals surface area contributed by atoms with Gasteiger partial charge in [0.2, 0.25) is 5.91 Å². The second-order valence-corrected chi connectivity index (χ2v) is 12.2. The van der Waals surface area contributed by atoms with Crippen LogP contribution >= 0.6 is 0 Å². The molecule has 0 spiro atoms. The molecule has 5 aromatic rings. The van der Waals surface area contributed by atoms with Crippen molar-refractivity contribution >= 4 is 17.6 Å². The van der Waals surface area contributed by atoms with Crippen molar-refractivity contribution in [3.05, 3.63) is 156 Å². The minimum atomic E-state index is -1.09. The molecule has 0 saturated heterocycles. The standard InChI is InChI=1S/C41H40N2O5/c44-40(42-39-14-8-7-13-38(39)41(45)46)27-30-15-19-34(20-16-30)47-36-23-25-37(26-24-36)48-35-21-17-33(18-22-35)43(28-31-9-3-1-4-10-31)29-32-11-5-2-6-12-32/h1-16,19-20,23-26,33,35H,17-18,21-22,27-29H2,(H,42,44)(H,45,46). The molecule has 7 heteroatoms. The summed E-state index contributed by atoms with van der Waals surface area (Å²) >= 11 is 0. The Labute approximate surface area is 281 Å². The lowest BCUT2D eigenvalue weighted by atomic mass is 9.91. The number of amides is 1. The number of anilines is 1. The highest BCUT2D eigenvalue weighted by atomic mass is 16.5. The monoisotopic (exact) mass is 640 g/mol. The quantitative estimate of drug-likeness (QED) is 0.134. The van der Waals surface area contributed by atoms with Crippen molar-refractivity contribution in [2.45, 2.75) is 57.3 Å². The molecule has 1 fully saturated rings. The Balaban J connectivity index is 0.976. The zero-order valence-electron chi connectivity index (χ0n) is 26.8. The van der Waals surface area contributed by atoms with Crippen molar-refractivity contribution in [3.63, 3.8) is 0 Å². The number of benzene rings is 5. The van der Waals surface area contributed by atoms with Gasteiger partial charge >= 0.3 is 5.97 Å². The molecule has 1 amide bonds. The molecule has 1 aliphatic carbocycles. The zero-order valence-corrected chi connectivity index (χ0v) is 26.8. The van der Waals surface area contributed by atoms with Crippen molar-refractivity contribution in [1.82, 2.24) is 4.90 Å². The molecule has 0 aliphatic heterocycles. The van der Waals surface area contributed by atoms with E-state index in [-0.39, 0.29) is 29.7 Å². The molecule has 0 atom stereocenters. The van der Waals surface area contributed by atoms with Gasteiger partial charge in [0.25, 0.3) is 0 Å². The summed E-state index contributed by atoms with van der Waals surface area (Å²) < 4.78 is 12.4. The Morgan fingerprint density at radius 1 is 0.625 bits per heavy atom. The van der Waals surface area contributed by atoms with Crippen LogP contribution in [0.3, 0.4) is 0 Å². The van der Waals surface area contributed by atoms with Gasteiger partial charge in [0, 0.05) is 19.1 Å². The highest BCUT2D eigenvalue weighted by Gasteiger charge is 2.27. The zero-order chi connectivity index (χ0) is 33.1. The van der Waals surface area contributed by atoms with Crippen LogP contribution in [0.5, 0.6) is 17.2 Å². The van der Waals surface area contributed by atoms with Gasteiger partial charge in [0.15, 0.2) is 0 Å². The number of carbonyl (C=O) groups excluding carboxylic acids is 1. The number of carboxylic acids is 1. The van der Waals surface area contributed by atoms with E-state index >= 15 is 0 Å². The average Bonchev–Trinajstić information content (AvgIpc) is 3.11. The summed E-state index contributed by atoms with van der Waals surface area (Å²) in [5, 5.41) is 12.0. The van der Waals surface area contributed by atoms with E-state index in [9.17, 15) is 14.7 Å². The van der Waals surface area contributed by atoms with Crippen LogP contribution in [0.1, 0.15) is 52.7 Å². The maximum Gasteiger partial charge on any atom is 0.337 e. The first kappa shape index (κ1) is 32.5. The van der Waals surface area contributed by atoms with Gasteiger partial charge in [-0.25, -0.2) is 4.79 Å². The van der Waals surface area contributed by atoms with Gasteiger partial charge in [-0.05, 0) is 90.9 Å². The third kappa shape index (κ3) is 9.11. The molecular formula is C41H40N2O5. The van der Waals surface area contributed by atoms with Crippen LogP contribution in [0.25, 0.3) is 0 Å². The Morgan fingerprint density at radius 3 is 1.73 bits per heavy atom. The Kier molecular flexibility index (Phi) is 10.8. The third-order valence-electron chi connectivity index (χ3n) is 8.70. The van der Waals surface area contributed by atoms with E-state index in [1.54, 1.807) is 18.2 Å². The number of nitrogens with one attached hydrogen (secondary N) is 1. The fraction of sp³-hybridized carbons (Fsp3) is 0.220. The maximum atomic E-state index is 12.5. The first-order valence-electron chi connectivity index (χ1n) is 16.5. The van der Waals surface area contributed by atoms with Gasteiger partial charge in [-0.1, -0.05) is 84.9 Å². The number of nitrogens with zero attached hydrogens (tertiary/aromatic N) is 1. The molecule has 2 N–H and O–H groups in total. The van der Waals surface area contributed by atoms with Gasteiger partial charge in [0.05, 0.1) is 23.8 Å². The molecule has 48 heavy (non-hydrogen) atoms. The van der Waals surface area contributed by atoms with Gasteiger partial charge in [-0.15, -0.1) is 0 Å². The topological polar surface area (TPSA) is 88.1 Å². The second kappa shape index (κ2) is 15.9. The smallest absolute Gasteiger partial charge is 0.337 e. The average molecular weight is 641 g/mol. The fourth-order valence-corrected chi connectivity index (χ4v) is 6.23. The molecule has 0 heterocycles. The van der Waals surface area contributed by atoms with Crippen LogP contribution in [-0.4, -0.2) is 34.0 Å². The van der Waals surface area contributed by atoms with E-state index in [1.165, 1.54) is 17.2 Å². The summed E-state index contributed by atoms with van der Waals surface area (Å²) in [7, 11) is 0. The summed E-state index contributed by atoms with van der Waals surface area (Å²) in [4.78, 5) is 26.6. The Bertz CT molecular complexity index is 1730. The van der Waals surface area contributed by atoms with Gasteiger partial charge in [0.1, 0.15) is 17.2 Å². The normalized spacial score (nSPS) is 15.9. The first-order valence-corrected chi connectivity index (χ1v) is 16.5. The lowest BCUT2D eigenvalue weighted by molar-refractivity contribution is -0.115. The van der Waals surface area contributed by atoms with E-state index in [4.69, 9.17) is 9.47 Å². The third-order valence-corrected chi connectivity index (χ3v) is 8.70. The van der Waals surface area contributed by atoms with Crippen molar-refractivity contribution in [1.29, 1.82) is 0 Å². The van der Waals surface area contributed by atoms with Crippen LogP contribution in [-0.2, 0) is 24.3 Å². The summed E-state index contributed by atoms with van der Waals surface area (Å²) in [6.07, 6.45) is 4.52. The summed E-state index contributed by atoms with van der Waals surface area (Å²) in [6, 6.07) is 43.3. The number of hydrogen-bond donors (Lipinski definition) is 2. The minimum Gasteiger partial charge on any atom is -0.490 e. The summed E-state index contributed by atoms with van der Waals surface area (Å²) in [5.74, 6) is 0.799. The van der Waals surface area contributed by atoms with E-state index in [0.29, 0.717) is 17.5 Å². The summed E-state index contributed by atoms with van der Waals surface area (Å²) in [5.41, 5.74) is 3.80. The highest BCUT2D eigenvalue weighted by molar-refractivity contribution is 6.01. The maximum absolute atomic E-state index is 12.5. The van der Waals surface area contributed by atoms with Crippen LogP contribution < -0.4 is 14.8 Å². The molecule has 0 bridgehead atoms. The molecule has 7 nitrogen and oxygen atoms in total. The Hall–Kier alpha value is -5.40. The van der Waals surface area contributed by atoms with Gasteiger partial charge in [-0.2, -0.15) is 0 Å². The predicted octanol–water partition coefficient (Wildman–Crippen LogP) is 8.75. The molecule has 0 aromatic heterocycles. The number of carboxylic acid groups (broad SMARTS) is 1. The first-order chi connectivity index (χ1) is 23.5. The highest BCUT2D eigenvalue weighted by Crippen LogP contribution is 2.30. The fourth-order valence-electron chi connectivity index (χ4n) is 6.23. The number of aromatic carboxylic acids is 1. The molecule has 1 saturated carbocycles. The van der Waals surface area contributed by atoms with E-state index in [2.05, 4.69) is 70.9 Å². The molecule has 244 valence electrons. The van der Waals surface area contributed by atoms with E-state index in [1.807, 2.05) is 48.5 Å². The van der Waals surface area contributed by atoms with Crippen molar-refractivity contribution in [2.75, 3.05) is 5.32 Å². The Morgan fingerprint density at radius 2 is 1.15 bits per heavy atom. The number of para-hydroxylation sites is 1.